The molecule has 6 heteroatoms. The maximum atomic E-state index is 10.0. The van der Waals surface area contributed by atoms with Crippen LogP contribution in [-0.2, 0) is 14.3 Å². The molecule has 0 aliphatic carbocycles. The van der Waals surface area contributed by atoms with Gasteiger partial charge in [-0.1, -0.05) is 0 Å². The highest BCUT2D eigenvalue weighted by atomic mass is 16.6. The lowest BCUT2D eigenvalue weighted by atomic mass is 10.4. The van der Waals surface area contributed by atoms with Crippen LogP contribution in [0.1, 0.15) is 12.8 Å². The molecule has 0 bridgehead atoms. The van der Waals surface area contributed by atoms with Crippen LogP contribution in [0.25, 0.3) is 0 Å². The first kappa shape index (κ1) is 8.38. The maximum absolute atomic E-state index is 10.0. The van der Waals surface area contributed by atoms with Crippen molar-refractivity contribution in [2.75, 3.05) is 0 Å². The molecule has 1 aromatic heterocycles. The van der Waals surface area contributed by atoms with Crippen molar-refractivity contribution < 1.29 is 18.7 Å². The van der Waals surface area contributed by atoms with E-state index in [9.17, 15) is 19.2 Å². The molecule has 6 nitrogen and oxygen atoms in total. The van der Waals surface area contributed by atoms with E-state index in [2.05, 4.69) is 9.15 Å². The van der Waals surface area contributed by atoms with Gasteiger partial charge in [-0.2, -0.15) is 0 Å². The Morgan fingerprint density at radius 1 is 0.833 bits per heavy atom. The van der Waals surface area contributed by atoms with Gasteiger partial charge < -0.3 is 9.15 Å². The Kier molecular flexibility index (Phi) is 2.18. The van der Waals surface area contributed by atoms with Crippen molar-refractivity contribution in [1.82, 2.24) is 0 Å². The zero-order chi connectivity index (χ0) is 9.14. The van der Waals surface area contributed by atoms with E-state index in [-0.39, 0.29) is 12.8 Å². The summed E-state index contributed by atoms with van der Waals surface area (Å²) in [5.41, 5.74) is -1.44. The lowest BCUT2D eigenvalue weighted by Crippen LogP contribution is -1.94. The molecule has 0 spiro atoms. The number of rotatable bonds is 0. The van der Waals surface area contributed by atoms with Gasteiger partial charge in [0.15, 0.2) is 0 Å². The summed E-state index contributed by atoms with van der Waals surface area (Å²) in [4.78, 5) is 38.7. The summed E-state index contributed by atoms with van der Waals surface area (Å²) in [5.74, 6) is -0.796. The highest BCUT2D eigenvalue weighted by molar-refractivity contribution is 5.92. The molecule has 1 saturated heterocycles. The number of esters is 2. The first-order valence-electron chi connectivity index (χ1n) is 3.09. The van der Waals surface area contributed by atoms with Gasteiger partial charge in [0.2, 0.25) is 0 Å². The molecule has 2 rings (SSSR count). The maximum Gasteiger partial charge on any atom is 0.426 e. The van der Waals surface area contributed by atoms with Gasteiger partial charge in [-0.25, -0.2) is 9.59 Å². The number of hydrogen-bond acceptors (Lipinski definition) is 6. The first-order valence-corrected chi connectivity index (χ1v) is 3.09. The van der Waals surface area contributed by atoms with E-state index in [1.165, 1.54) is 0 Å². The van der Waals surface area contributed by atoms with Crippen LogP contribution in [0, 0.1) is 0 Å². The van der Waals surface area contributed by atoms with Crippen molar-refractivity contribution in [3.8, 4) is 0 Å². The molecule has 0 amide bonds. The molecule has 0 atom stereocenters. The Balaban J connectivity index is 0.000000127. The Morgan fingerprint density at radius 3 is 1.25 bits per heavy atom. The molecule has 0 radical (unpaired) electrons. The molecule has 12 heavy (non-hydrogen) atoms. The summed E-state index contributed by atoms with van der Waals surface area (Å²) in [6, 6.07) is 0. The van der Waals surface area contributed by atoms with E-state index < -0.39 is 23.2 Å². The molecule has 1 fully saturated rings. The number of carbonyl (C=O) groups excluding carboxylic acids is 2. The molecule has 1 aliphatic heterocycles. The summed E-state index contributed by atoms with van der Waals surface area (Å²) in [5, 5.41) is 0. The Labute approximate surface area is 65.4 Å². The number of cyclic esters (lactones) is 2. The Bertz CT molecular complexity index is 329. The fourth-order valence-corrected chi connectivity index (χ4v) is 0.492. The lowest BCUT2D eigenvalue weighted by Gasteiger charge is -1.79. The van der Waals surface area contributed by atoms with E-state index in [1.54, 1.807) is 0 Å². The number of carbonyl (C=O) groups is 2. The third kappa shape index (κ3) is 2.49. The van der Waals surface area contributed by atoms with Crippen molar-refractivity contribution in [3.05, 3.63) is 20.8 Å². The predicted octanol–water partition coefficient (Wildman–Crippen LogP) is -1.27. The quantitative estimate of drug-likeness (QED) is 0.275. The Morgan fingerprint density at radius 2 is 1.17 bits per heavy atom. The molecular formula is C6H4O6. The molecule has 0 saturated carbocycles. The van der Waals surface area contributed by atoms with Crippen LogP contribution < -0.4 is 11.3 Å². The standard InChI is InChI=1S/C4H4O3.C2O3/c5-3-1-2-4(6)7-3;3-1-2(4)5-1/h1-2H2;. The average molecular weight is 172 g/mol. The predicted molar refractivity (Wildman–Crippen MR) is 34.0 cm³/mol. The molecule has 2 heterocycles. The summed E-state index contributed by atoms with van der Waals surface area (Å²) in [6.45, 7) is 0. The fourth-order valence-electron chi connectivity index (χ4n) is 0.492. The second-order valence-electron chi connectivity index (χ2n) is 2.02. The average Bonchev–Trinajstić information content (AvgIpc) is 2.43. The molecule has 1 aliphatic rings. The van der Waals surface area contributed by atoms with Crippen LogP contribution in [0.5, 0.6) is 0 Å². The van der Waals surface area contributed by atoms with Crippen molar-refractivity contribution in [2.45, 2.75) is 12.8 Å². The number of ether oxygens (including phenoxy) is 1. The minimum Gasteiger partial charge on any atom is -0.393 e. The molecule has 0 aromatic carbocycles. The summed E-state index contributed by atoms with van der Waals surface area (Å²) >= 11 is 0. The van der Waals surface area contributed by atoms with Crippen LogP contribution in [0.4, 0.5) is 0 Å². The second-order valence-corrected chi connectivity index (χ2v) is 2.02. The van der Waals surface area contributed by atoms with Gasteiger partial charge in [0, 0.05) is 0 Å². The van der Waals surface area contributed by atoms with Crippen LogP contribution >= 0.6 is 0 Å². The van der Waals surface area contributed by atoms with Gasteiger partial charge in [-0.3, -0.25) is 9.59 Å². The topological polar surface area (TPSA) is 90.7 Å². The minimum absolute atomic E-state index is 0.263. The fraction of sp³-hybridized carbons (Fsp3) is 0.333. The van der Waals surface area contributed by atoms with Crippen LogP contribution in [0.2, 0.25) is 0 Å². The third-order valence-electron chi connectivity index (χ3n) is 1.07. The van der Waals surface area contributed by atoms with Gasteiger partial charge in [-0.05, 0) is 0 Å². The van der Waals surface area contributed by atoms with Gasteiger partial charge in [0.25, 0.3) is 0 Å². The largest absolute Gasteiger partial charge is 0.426 e. The van der Waals surface area contributed by atoms with Gasteiger partial charge >= 0.3 is 23.2 Å². The highest BCUT2D eigenvalue weighted by Gasteiger charge is 2.19. The number of hydrogen-bond donors (Lipinski definition) is 0. The lowest BCUT2D eigenvalue weighted by molar-refractivity contribution is -0.151. The smallest absolute Gasteiger partial charge is 0.393 e. The minimum atomic E-state index is -0.718. The SMILES string of the molecule is O=C1CCC(=O)O1.O=c1oc1=O. The van der Waals surface area contributed by atoms with E-state index in [1.807, 2.05) is 0 Å². The van der Waals surface area contributed by atoms with Gasteiger partial charge in [0.1, 0.15) is 0 Å². The zero-order valence-electron chi connectivity index (χ0n) is 5.86. The molecule has 0 N–H and O–H groups in total. The third-order valence-corrected chi connectivity index (χ3v) is 1.07. The van der Waals surface area contributed by atoms with E-state index in [0.29, 0.717) is 0 Å². The van der Waals surface area contributed by atoms with Gasteiger partial charge in [-0.15, -0.1) is 0 Å². The van der Waals surface area contributed by atoms with Crippen LogP contribution in [-0.4, -0.2) is 11.9 Å². The first-order chi connectivity index (χ1) is 5.59. The van der Waals surface area contributed by atoms with Crippen molar-refractivity contribution in [3.63, 3.8) is 0 Å². The molecule has 0 unspecified atom stereocenters. The van der Waals surface area contributed by atoms with Crippen molar-refractivity contribution in [2.24, 2.45) is 0 Å². The molecule has 1 aromatic rings. The van der Waals surface area contributed by atoms with Crippen LogP contribution in [0.15, 0.2) is 14.0 Å². The summed E-state index contributed by atoms with van der Waals surface area (Å²) in [7, 11) is 0. The van der Waals surface area contributed by atoms with Gasteiger partial charge in [0.05, 0.1) is 12.8 Å². The zero-order valence-corrected chi connectivity index (χ0v) is 5.86. The van der Waals surface area contributed by atoms with E-state index >= 15 is 0 Å². The molecule has 64 valence electrons. The molecular weight excluding hydrogens is 168 g/mol. The van der Waals surface area contributed by atoms with E-state index in [0.717, 1.165) is 0 Å². The Hall–Kier alpha value is -1.72. The monoisotopic (exact) mass is 172 g/mol. The van der Waals surface area contributed by atoms with Crippen LogP contribution in [0.3, 0.4) is 0 Å². The normalized spacial score (nSPS) is 15.7. The summed E-state index contributed by atoms with van der Waals surface area (Å²) < 4.78 is 7.72. The highest BCUT2D eigenvalue weighted by Crippen LogP contribution is 2.03. The van der Waals surface area contributed by atoms with Crippen molar-refractivity contribution in [1.29, 1.82) is 0 Å². The van der Waals surface area contributed by atoms with Crippen molar-refractivity contribution >= 4 is 11.9 Å². The van der Waals surface area contributed by atoms with E-state index in [4.69, 9.17) is 0 Å². The second kappa shape index (κ2) is 3.12. The summed E-state index contributed by atoms with van der Waals surface area (Å²) in [6.07, 6.45) is 0.525.